The van der Waals surface area contributed by atoms with Gasteiger partial charge in [0.05, 0.1) is 16.5 Å². The molecule has 2 N–H and O–H groups in total. The molecule has 0 aliphatic rings. The lowest BCUT2D eigenvalue weighted by atomic mass is 10.2. The van der Waals surface area contributed by atoms with Crippen LogP contribution in [0.4, 0.5) is 10.3 Å². The van der Waals surface area contributed by atoms with E-state index in [2.05, 4.69) is 25.7 Å². The van der Waals surface area contributed by atoms with Crippen LogP contribution in [0.15, 0.2) is 40.0 Å². The summed E-state index contributed by atoms with van der Waals surface area (Å²) in [5.41, 5.74) is 1.00. The normalized spacial score (nSPS) is 12.1. The fourth-order valence-electron chi connectivity index (χ4n) is 1.93. The maximum Gasteiger partial charge on any atom is 0.240 e. The van der Waals surface area contributed by atoms with Crippen LogP contribution in [-0.2, 0) is 4.79 Å². The van der Waals surface area contributed by atoms with Crippen molar-refractivity contribution in [2.24, 2.45) is 0 Å². The molecule has 0 saturated heterocycles. The van der Waals surface area contributed by atoms with Crippen LogP contribution in [0.1, 0.15) is 12.6 Å². The third-order valence-corrected chi connectivity index (χ3v) is 4.08. The van der Waals surface area contributed by atoms with Crippen LogP contribution in [-0.4, -0.2) is 31.5 Å². The fourth-order valence-corrected chi connectivity index (χ4v) is 2.65. The Hall–Kier alpha value is -2.68. The molecule has 1 amide bonds. The average Bonchev–Trinajstić information content (AvgIpc) is 3.17. The molecular weight excluding hydrogens is 333 g/mol. The van der Waals surface area contributed by atoms with E-state index in [0.717, 1.165) is 11.8 Å². The van der Waals surface area contributed by atoms with Crippen molar-refractivity contribution >= 4 is 23.6 Å². The van der Waals surface area contributed by atoms with Gasteiger partial charge in [-0.15, -0.1) is 5.10 Å². The first-order valence-corrected chi connectivity index (χ1v) is 7.99. The maximum atomic E-state index is 13.7. The molecule has 7 nitrogen and oxygen atoms in total. The molecule has 1 atom stereocenters. The number of benzene rings is 1. The maximum absolute atomic E-state index is 13.7. The lowest BCUT2D eigenvalue weighted by Gasteiger charge is -2.07. The summed E-state index contributed by atoms with van der Waals surface area (Å²) in [5.74, 6) is -0.0638. The van der Waals surface area contributed by atoms with E-state index in [0.29, 0.717) is 22.2 Å². The zero-order valence-electron chi connectivity index (χ0n) is 12.9. The predicted molar refractivity (Wildman–Crippen MR) is 87.0 cm³/mol. The summed E-state index contributed by atoms with van der Waals surface area (Å²) in [6, 6.07) is 7.89. The largest absolute Gasteiger partial charge is 0.338 e. The number of halogens is 1. The zero-order chi connectivity index (χ0) is 17.1. The topological polar surface area (TPSA) is 96.7 Å². The lowest BCUT2D eigenvalue weighted by molar-refractivity contribution is -0.115. The Kier molecular flexibility index (Phi) is 4.61. The Morgan fingerprint density at radius 1 is 1.42 bits per heavy atom. The highest BCUT2D eigenvalue weighted by Crippen LogP contribution is 2.24. The molecule has 9 heteroatoms. The number of nitrogens with one attached hydrogen (secondary N) is 2. The monoisotopic (exact) mass is 347 g/mol. The van der Waals surface area contributed by atoms with Gasteiger partial charge in [-0.25, -0.2) is 9.37 Å². The molecule has 3 aromatic rings. The molecule has 2 aromatic heterocycles. The summed E-state index contributed by atoms with van der Waals surface area (Å²) in [5, 5.41) is 12.9. The highest BCUT2D eigenvalue weighted by Gasteiger charge is 2.19. The Labute approximate surface area is 141 Å². The van der Waals surface area contributed by atoms with Gasteiger partial charge in [0.2, 0.25) is 16.9 Å². The van der Waals surface area contributed by atoms with Gasteiger partial charge in [-0.05, 0) is 26.0 Å². The first kappa shape index (κ1) is 16.2. The fraction of sp³-hybridized carbons (Fsp3) is 0.200. The number of aromatic nitrogens is 4. The van der Waals surface area contributed by atoms with Gasteiger partial charge in [-0.1, -0.05) is 29.1 Å². The highest BCUT2D eigenvalue weighted by atomic mass is 32.2. The van der Waals surface area contributed by atoms with E-state index >= 15 is 0 Å². The van der Waals surface area contributed by atoms with Crippen LogP contribution in [0.5, 0.6) is 0 Å². The number of H-pyrrole nitrogens is 1. The second kappa shape index (κ2) is 6.83. The molecule has 0 aliphatic heterocycles. The Morgan fingerprint density at radius 2 is 2.21 bits per heavy atom. The highest BCUT2D eigenvalue weighted by molar-refractivity contribution is 8.00. The third kappa shape index (κ3) is 3.62. The Balaban J connectivity index is 1.66. The molecule has 24 heavy (non-hydrogen) atoms. The average molecular weight is 347 g/mol. The van der Waals surface area contributed by atoms with Crippen molar-refractivity contribution < 1.29 is 13.7 Å². The number of nitrogens with zero attached hydrogens (tertiary/aromatic N) is 3. The molecule has 2 heterocycles. The van der Waals surface area contributed by atoms with Gasteiger partial charge < -0.3 is 4.52 Å². The zero-order valence-corrected chi connectivity index (χ0v) is 13.7. The van der Waals surface area contributed by atoms with E-state index in [-0.39, 0.29) is 11.8 Å². The van der Waals surface area contributed by atoms with Crippen molar-refractivity contribution in [3.05, 3.63) is 41.8 Å². The van der Waals surface area contributed by atoms with Crippen LogP contribution in [0.3, 0.4) is 0 Å². The molecule has 0 spiro atoms. The second-order valence-corrected chi connectivity index (χ2v) is 6.34. The van der Waals surface area contributed by atoms with Crippen molar-refractivity contribution in [1.82, 2.24) is 20.3 Å². The molecule has 0 aliphatic carbocycles. The van der Waals surface area contributed by atoms with E-state index in [1.807, 2.05) is 0 Å². The van der Waals surface area contributed by atoms with E-state index < -0.39 is 11.1 Å². The van der Waals surface area contributed by atoms with E-state index in [1.165, 1.54) is 6.07 Å². The molecule has 124 valence electrons. The Bertz CT molecular complexity index is 863. The van der Waals surface area contributed by atoms with Crippen molar-refractivity contribution in [3.63, 3.8) is 0 Å². The second-order valence-electron chi connectivity index (χ2n) is 5.03. The quantitative estimate of drug-likeness (QED) is 0.689. The van der Waals surface area contributed by atoms with Gasteiger partial charge in [-0.2, -0.15) is 0 Å². The van der Waals surface area contributed by atoms with Gasteiger partial charge >= 0.3 is 0 Å². The number of thioether (sulfide) groups is 1. The number of carbonyl (C=O) groups excluding carboxylic acids is 1. The van der Waals surface area contributed by atoms with Crippen molar-refractivity contribution in [2.75, 3.05) is 5.32 Å². The number of aromatic amines is 1. The SMILES string of the molecule is Cc1cc(NC(=O)C(C)Sc2n[nH]c(-c3ccccc3F)n2)on1. The molecule has 3 rings (SSSR count). The number of carbonyl (C=O) groups is 1. The van der Waals surface area contributed by atoms with Gasteiger partial charge in [0, 0.05) is 6.07 Å². The van der Waals surface area contributed by atoms with Crippen LogP contribution < -0.4 is 5.32 Å². The first-order chi connectivity index (χ1) is 11.5. The van der Waals surface area contributed by atoms with E-state index in [9.17, 15) is 9.18 Å². The van der Waals surface area contributed by atoms with Gasteiger partial charge in [-0.3, -0.25) is 15.2 Å². The number of hydrogen-bond acceptors (Lipinski definition) is 6. The van der Waals surface area contributed by atoms with Gasteiger partial charge in [0.1, 0.15) is 5.82 Å². The third-order valence-electron chi connectivity index (χ3n) is 3.12. The number of hydrogen-bond donors (Lipinski definition) is 2. The molecule has 1 unspecified atom stereocenters. The first-order valence-electron chi connectivity index (χ1n) is 7.11. The summed E-state index contributed by atoms with van der Waals surface area (Å²) in [4.78, 5) is 16.3. The van der Waals surface area contributed by atoms with E-state index in [1.54, 1.807) is 38.1 Å². The van der Waals surface area contributed by atoms with Crippen LogP contribution in [0.25, 0.3) is 11.4 Å². The summed E-state index contributed by atoms with van der Waals surface area (Å²) in [6.07, 6.45) is 0. The minimum Gasteiger partial charge on any atom is -0.338 e. The van der Waals surface area contributed by atoms with E-state index in [4.69, 9.17) is 4.52 Å². The molecule has 1 aromatic carbocycles. The minimum absolute atomic E-state index is 0.270. The number of amides is 1. The number of aryl methyl sites for hydroxylation is 1. The van der Waals surface area contributed by atoms with Crippen LogP contribution in [0, 0.1) is 12.7 Å². The Morgan fingerprint density at radius 3 is 2.92 bits per heavy atom. The summed E-state index contributed by atoms with van der Waals surface area (Å²) >= 11 is 1.15. The lowest BCUT2D eigenvalue weighted by Crippen LogP contribution is -2.22. The predicted octanol–water partition coefficient (Wildman–Crippen LogP) is 3.03. The number of rotatable bonds is 5. The molecule has 0 saturated carbocycles. The molecule has 0 bridgehead atoms. The summed E-state index contributed by atoms with van der Waals surface area (Å²) in [7, 11) is 0. The van der Waals surface area contributed by atoms with Crippen molar-refractivity contribution in [1.29, 1.82) is 0 Å². The molecular formula is C15H14FN5O2S. The number of anilines is 1. The molecule has 0 radical (unpaired) electrons. The standard InChI is InChI=1S/C15H14FN5O2S/c1-8-7-12(23-21-8)17-14(22)9(2)24-15-18-13(19-20-15)10-5-3-4-6-11(10)16/h3-7,9H,1-2H3,(H,17,22)(H,18,19,20). The van der Waals surface area contributed by atoms with Crippen molar-refractivity contribution in [2.45, 2.75) is 24.3 Å². The summed E-state index contributed by atoms with van der Waals surface area (Å²) < 4.78 is 18.7. The van der Waals surface area contributed by atoms with Crippen LogP contribution in [0.2, 0.25) is 0 Å². The minimum atomic E-state index is -0.473. The van der Waals surface area contributed by atoms with Gasteiger partial charge in [0.25, 0.3) is 0 Å². The smallest absolute Gasteiger partial charge is 0.240 e. The van der Waals surface area contributed by atoms with Crippen LogP contribution >= 0.6 is 11.8 Å². The van der Waals surface area contributed by atoms with Gasteiger partial charge in [0.15, 0.2) is 5.82 Å². The molecule has 0 fully saturated rings. The van der Waals surface area contributed by atoms with Crippen molar-refractivity contribution in [3.8, 4) is 11.4 Å². The summed E-state index contributed by atoms with van der Waals surface area (Å²) in [6.45, 7) is 3.47.